The van der Waals surface area contributed by atoms with Gasteiger partial charge in [0.05, 0.1) is 17.6 Å². The second-order valence-corrected chi connectivity index (χ2v) is 5.36. The highest BCUT2D eigenvalue weighted by Crippen LogP contribution is 2.24. The molecule has 0 bridgehead atoms. The molecule has 2 aromatic heterocycles. The van der Waals surface area contributed by atoms with Crippen LogP contribution in [0.4, 0.5) is 5.95 Å². The molecule has 0 aliphatic heterocycles. The quantitative estimate of drug-likeness (QED) is 0.916. The Morgan fingerprint density at radius 1 is 1.26 bits per heavy atom. The number of aryl methyl sites for hydroxylation is 2. The molecule has 1 aliphatic carbocycles. The number of hydrogen-bond donors (Lipinski definition) is 1. The van der Waals surface area contributed by atoms with E-state index >= 15 is 0 Å². The summed E-state index contributed by atoms with van der Waals surface area (Å²) in [6, 6.07) is 2.60. The lowest BCUT2D eigenvalue weighted by Crippen LogP contribution is -2.18. The Bertz CT molecular complexity index is 567. The Kier molecular flexibility index (Phi) is 3.23. The largest absolute Gasteiger partial charge is 0.353 e. The minimum Gasteiger partial charge on any atom is -0.353 e. The third-order valence-electron chi connectivity index (χ3n) is 3.79. The van der Waals surface area contributed by atoms with Crippen molar-refractivity contribution in [1.29, 1.82) is 0 Å². The van der Waals surface area contributed by atoms with Crippen LogP contribution in [0.3, 0.4) is 0 Å². The Morgan fingerprint density at radius 2 is 2.05 bits per heavy atom. The molecule has 100 valence electrons. The SMILES string of the molecule is Cc1cn(-c2cnccc2C)c(NC2CCCC2)n1. The maximum Gasteiger partial charge on any atom is 0.208 e. The molecule has 2 aromatic rings. The Hall–Kier alpha value is -1.84. The van der Waals surface area contributed by atoms with E-state index in [1.54, 1.807) is 0 Å². The van der Waals surface area contributed by atoms with Crippen LogP contribution in [0.2, 0.25) is 0 Å². The van der Waals surface area contributed by atoms with Crippen LogP contribution in [-0.2, 0) is 0 Å². The van der Waals surface area contributed by atoms with Crippen molar-refractivity contribution in [3.05, 3.63) is 35.9 Å². The third-order valence-corrected chi connectivity index (χ3v) is 3.79. The lowest BCUT2D eigenvalue weighted by molar-refractivity contribution is 0.740. The molecule has 0 amide bonds. The highest BCUT2D eigenvalue weighted by atomic mass is 15.2. The topological polar surface area (TPSA) is 42.7 Å². The van der Waals surface area contributed by atoms with Gasteiger partial charge in [-0.05, 0) is 38.3 Å². The number of imidazole rings is 1. The Labute approximate surface area is 113 Å². The van der Waals surface area contributed by atoms with Gasteiger partial charge in [-0.3, -0.25) is 9.55 Å². The fourth-order valence-electron chi connectivity index (χ4n) is 2.74. The monoisotopic (exact) mass is 256 g/mol. The molecule has 19 heavy (non-hydrogen) atoms. The number of nitrogens with zero attached hydrogens (tertiary/aromatic N) is 3. The molecule has 0 radical (unpaired) electrons. The number of hydrogen-bond acceptors (Lipinski definition) is 3. The maximum atomic E-state index is 4.62. The fourth-order valence-corrected chi connectivity index (χ4v) is 2.74. The van der Waals surface area contributed by atoms with Crippen LogP contribution in [0.25, 0.3) is 5.69 Å². The van der Waals surface area contributed by atoms with Crippen molar-refractivity contribution in [1.82, 2.24) is 14.5 Å². The average molecular weight is 256 g/mol. The Morgan fingerprint density at radius 3 is 2.79 bits per heavy atom. The van der Waals surface area contributed by atoms with Crippen LogP contribution in [-0.4, -0.2) is 20.6 Å². The van der Waals surface area contributed by atoms with E-state index in [0.29, 0.717) is 6.04 Å². The second kappa shape index (κ2) is 5.03. The summed E-state index contributed by atoms with van der Waals surface area (Å²) in [6.07, 6.45) is 10.9. The van der Waals surface area contributed by atoms with Gasteiger partial charge in [-0.15, -0.1) is 0 Å². The number of pyridine rings is 1. The van der Waals surface area contributed by atoms with Crippen molar-refractivity contribution < 1.29 is 0 Å². The average Bonchev–Trinajstić information content (AvgIpc) is 3.01. The van der Waals surface area contributed by atoms with Crippen LogP contribution in [0.15, 0.2) is 24.7 Å². The molecule has 2 heterocycles. The molecule has 0 unspecified atom stereocenters. The van der Waals surface area contributed by atoms with E-state index in [0.717, 1.165) is 17.3 Å². The van der Waals surface area contributed by atoms with Gasteiger partial charge < -0.3 is 5.32 Å². The predicted octanol–water partition coefficient (Wildman–Crippen LogP) is 3.24. The van der Waals surface area contributed by atoms with Gasteiger partial charge in [-0.1, -0.05) is 12.8 Å². The van der Waals surface area contributed by atoms with E-state index in [1.807, 2.05) is 25.4 Å². The predicted molar refractivity (Wildman–Crippen MR) is 76.7 cm³/mol. The van der Waals surface area contributed by atoms with Gasteiger partial charge in [0.1, 0.15) is 0 Å². The van der Waals surface area contributed by atoms with Crippen molar-refractivity contribution in [2.75, 3.05) is 5.32 Å². The van der Waals surface area contributed by atoms with Crippen LogP contribution in [0.5, 0.6) is 0 Å². The minimum absolute atomic E-state index is 0.567. The van der Waals surface area contributed by atoms with Gasteiger partial charge in [0.2, 0.25) is 5.95 Å². The molecule has 1 saturated carbocycles. The van der Waals surface area contributed by atoms with E-state index in [9.17, 15) is 0 Å². The molecule has 0 saturated heterocycles. The summed E-state index contributed by atoms with van der Waals surface area (Å²) in [6.45, 7) is 4.13. The number of rotatable bonds is 3. The molecule has 0 spiro atoms. The minimum atomic E-state index is 0.567. The third kappa shape index (κ3) is 2.48. The van der Waals surface area contributed by atoms with Crippen molar-refractivity contribution in [3.8, 4) is 5.69 Å². The van der Waals surface area contributed by atoms with Crippen LogP contribution in [0, 0.1) is 13.8 Å². The molecular formula is C15H20N4. The molecular weight excluding hydrogens is 236 g/mol. The van der Waals surface area contributed by atoms with E-state index in [4.69, 9.17) is 0 Å². The molecule has 4 heteroatoms. The maximum absolute atomic E-state index is 4.62. The number of nitrogens with one attached hydrogen (secondary N) is 1. The lowest BCUT2D eigenvalue weighted by atomic mass is 10.2. The smallest absolute Gasteiger partial charge is 0.208 e. The standard InChI is InChI=1S/C15H20N4/c1-11-7-8-16-9-14(11)19-10-12(2)17-15(19)18-13-5-3-4-6-13/h7-10,13H,3-6H2,1-2H3,(H,17,18). The summed E-state index contributed by atoms with van der Waals surface area (Å²) in [7, 11) is 0. The van der Waals surface area contributed by atoms with Crippen LogP contribution in [0.1, 0.15) is 36.9 Å². The zero-order chi connectivity index (χ0) is 13.2. The zero-order valence-corrected chi connectivity index (χ0v) is 11.6. The molecule has 0 atom stereocenters. The highest BCUT2D eigenvalue weighted by Gasteiger charge is 2.18. The van der Waals surface area contributed by atoms with Gasteiger partial charge in [0, 0.05) is 18.4 Å². The first-order chi connectivity index (χ1) is 9.24. The van der Waals surface area contributed by atoms with Gasteiger partial charge in [0.25, 0.3) is 0 Å². The van der Waals surface area contributed by atoms with Crippen molar-refractivity contribution >= 4 is 5.95 Å². The fraction of sp³-hybridized carbons (Fsp3) is 0.467. The van der Waals surface area contributed by atoms with Gasteiger partial charge in [-0.2, -0.15) is 0 Å². The van der Waals surface area contributed by atoms with E-state index < -0.39 is 0 Å². The molecule has 1 N–H and O–H groups in total. The normalized spacial score (nSPS) is 15.9. The van der Waals surface area contributed by atoms with Crippen LogP contribution < -0.4 is 5.32 Å². The summed E-state index contributed by atoms with van der Waals surface area (Å²) in [4.78, 5) is 8.84. The molecule has 3 rings (SSSR count). The van der Waals surface area contributed by atoms with E-state index in [2.05, 4.69) is 33.0 Å². The molecule has 1 fully saturated rings. The van der Waals surface area contributed by atoms with Gasteiger partial charge >= 0.3 is 0 Å². The molecule has 4 nitrogen and oxygen atoms in total. The van der Waals surface area contributed by atoms with Gasteiger partial charge in [-0.25, -0.2) is 4.98 Å². The first-order valence-corrected chi connectivity index (χ1v) is 6.97. The summed E-state index contributed by atoms with van der Waals surface area (Å²) in [5.74, 6) is 0.945. The first kappa shape index (κ1) is 12.2. The second-order valence-electron chi connectivity index (χ2n) is 5.36. The van der Waals surface area contributed by atoms with Gasteiger partial charge in [0.15, 0.2) is 0 Å². The first-order valence-electron chi connectivity index (χ1n) is 6.97. The van der Waals surface area contributed by atoms with Crippen molar-refractivity contribution in [2.45, 2.75) is 45.6 Å². The Balaban J connectivity index is 1.94. The number of anilines is 1. The summed E-state index contributed by atoms with van der Waals surface area (Å²) in [5.41, 5.74) is 3.34. The van der Waals surface area contributed by atoms with E-state index in [-0.39, 0.29) is 0 Å². The summed E-state index contributed by atoms with van der Waals surface area (Å²) >= 11 is 0. The van der Waals surface area contributed by atoms with Crippen molar-refractivity contribution in [2.24, 2.45) is 0 Å². The van der Waals surface area contributed by atoms with Crippen LogP contribution >= 0.6 is 0 Å². The lowest BCUT2D eigenvalue weighted by Gasteiger charge is -2.15. The van der Waals surface area contributed by atoms with Crippen molar-refractivity contribution in [3.63, 3.8) is 0 Å². The summed E-state index contributed by atoms with van der Waals surface area (Å²) < 4.78 is 2.12. The zero-order valence-electron chi connectivity index (χ0n) is 11.6. The highest BCUT2D eigenvalue weighted by molar-refractivity contribution is 5.46. The summed E-state index contributed by atoms with van der Waals surface area (Å²) in [5, 5.41) is 3.58. The van der Waals surface area contributed by atoms with E-state index in [1.165, 1.54) is 31.2 Å². The molecule has 0 aromatic carbocycles. The molecule has 1 aliphatic rings. The number of aromatic nitrogens is 3.